The summed E-state index contributed by atoms with van der Waals surface area (Å²) in [6.45, 7) is 1.96. The molecule has 1 atom stereocenters. The maximum atomic E-state index is 10.9. The molecule has 0 saturated carbocycles. The van der Waals surface area contributed by atoms with E-state index in [2.05, 4.69) is 57.4 Å². The summed E-state index contributed by atoms with van der Waals surface area (Å²) in [6.07, 6.45) is 4.87. The number of rotatable bonds is 6. The van der Waals surface area contributed by atoms with Crippen LogP contribution in [0.1, 0.15) is 34.9 Å². The number of fused-ring (bicyclic) bond motifs is 1. The van der Waals surface area contributed by atoms with Gasteiger partial charge in [0.25, 0.3) is 0 Å². The van der Waals surface area contributed by atoms with Gasteiger partial charge in [0.15, 0.2) is 0 Å². The maximum absolute atomic E-state index is 10.9. The molecule has 1 aliphatic rings. The average Bonchev–Trinajstić information content (AvgIpc) is 3.39. The monoisotopic (exact) mass is 434 g/mol. The molecule has 1 saturated heterocycles. The Hall–Kier alpha value is -2.90. The minimum atomic E-state index is -0.0544. The Bertz CT molecular complexity index is 1150. The Balaban J connectivity index is 1.42. The number of nitrogens with zero attached hydrogens (tertiary/aromatic N) is 4. The number of aromatic hydroxyl groups is 1. The van der Waals surface area contributed by atoms with Crippen molar-refractivity contribution >= 4 is 16.3 Å². The van der Waals surface area contributed by atoms with Gasteiger partial charge in [-0.3, -0.25) is 4.90 Å². The molecular weight excluding hydrogens is 408 g/mol. The summed E-state index contributed by atoms with van der Waals surface area (Å²) in [4.78, 5) is 8.34. The molecule has 31 heavy (non-hydrogen) atoms. The smallest absolute Gasteiger partial charge is 0.230 e. The van der Waals surface area contributed by atoms with Crippen molar-refractivity contribution in [2.24, 2.45) is 5.92 Å². The van der Waals surface area contributed by atoms with Crippen LogP contribution in [0.25, 0.3) is 4.96 Å². The fourth-order valence-corrected chi connectivity index (χ4v) is 5.67. The van der Waals surface area contributed by atoms with E-state index in [1.54, 1.807) is 7.11 Å². The van der Waals surface area contributed by atoms with E-state index in [0.29, 0.717) is 10.9 Å². The topological polar surface area (TPSA) is 62.9 Å². The molecule has 0 bridgehead atoms. The van der Waals surface area contributed by atoms with Crippen molar-refractivity contribution in [1.82, 2.24) is 19.5 Å². The third-order valence-corrected chi connectivity index (χ3v) is 7.26. The molecule has 6 nitrogen and oxygen atoms in total. The van der Waals surface area contributed by atoms with Crippen molar-refractivity contribution in [3.63, 3.8) is 0 Å². The van der Waals surface area contributed by atoms with Crippen LogP contribution in [0.5, 0.6) is 11.6 Å². The number of ether oxygens (including phenoxy) is 1. The van der Waals surface area contributed by atoms with Crippen molar-refractivity contribution in [1.29, 1.82) is 0 Å². The van der Waals surface area contributed by atoms with E-state index < -0.39 is 0 Å². The molecule has 3 heterocycles. The quantitative estimate of drug-likeness (QED) is 0.482. The van der Waals surface area contributed by atoms with Gasteiger partial charge >= 0.3 is 0 Å². The van der Waals surface area contributed by atoms with E-state index in [1.807, 2.05) is 12.1 Å². The molecule has 1 aliphatic heterocycles. The molecule has 2 aromatic carbocycles. The first-order valence-electron chi connectivity index (χ1n) is 10.7. The number of thiazole rings is 1. The lowest BCUT2D eigenvalue weighted by Crippen LogP contribution is -2.37. The highest BCUT2D eigenvalue weighted by atomic mass is 32.1. The zero-order chi connectivity index (χ0) is 21.2. The largest absolute Gasteiger partial charge is 0.497 e. The van der Waals surface area contributed by atoms with Gasteiger partial charge in [-0.1, -0.05) is 53.8 Å². The number of methoxy groups -OCH3 is 1. The zero-order valence-electron chi connectivity index (χ0n) is 17.5. The van der Waals surface area contributed by atoms with Crippen molar-refractivity contribution in [2.75, 3.05) is 20.2 Å². The van der Waals surface area contributed by atoms with Gasteiger partial charge in [0.1, 0.15) is 12.1 Å². The Morgan fingerprint density at radius 2 is 1.94 bits per heavy atom. The molecule has 7 heteroatoms. The third kappa shape index (κ3) is 4.03. The number of hydrogen-bond acceptors (Lipinski definition) is 6. The lowest BCUT2D eigenvalue weighted by Gasteiger charge is -2.37. The van der Waals surface area contributed by atoms with Gasteiger partial charge in [-0.2, -0.15) is 9.61 Å². The second-order valence-electron chi connectivity index (χ2n) is 8.09. The van der Waals surface area contributed by atoms with E-state index >= 15 is 0 Å². The molecule has 2 aromatic heterocycles. The fourth-order valence-electron chi connectivity index (χ4n) is 4.57. The predicted molar refractivity (Wildman–Crippen MR) is 122 cm³/mol. The van der Waals surface area contributed by atoms with E-state index in [-0.39, 0.29) is 11.9 Å². The summed E-state index contributed by atoms with van der Waals surface area (Å²) in [5, 5.41) is 15.1. The summed E-state index contributed by atoms with van der Waals surface area (Å²) < 4.78 is 7.00. The van der Waals surface area contributed by atoms with Crippen LogP contribution in [0.3, 0.4) is 0 Å². The molecule has 1 fully saturated rings. The lowest BCUT2D eigenvalue weighted by atomic mass is 9.88. The minimum absolute atomic E-state index is 0.0544. The number of likely N-dealkylation sites (tertiary alicyclic amines) is 1. The number of aromatic nitrogens is 3. The van der Waals surface area contributed by atoms with E-state index in [1.165, 1.54) is 27.7 Å². The summed E-state index contributed by atoms with van der Waals surface area (Å²) in [5.74, 6) is 1.68. The Morgan fingerprint density at radius 3 is 2.68 bits per heavy atom. The molecule has 0 amide bonds. The van der Waals surface area contributed by atoms with E-state index in [0.717, 1.165) is 48.5 Å². The first kappa shape index (κ1) is 20.0. The molecule has 0 unspecified atom stereocenters. The van der Waals surface area contributed by atoms with E-state index in [4.69, 9.17) is 4.74 Å². The highest BCUT2D eigenvalue weighted by Crippen LogP contribution is 2.42. The molecule has 1 N–H and O–H groups in total. The highest BCUT2D eigenvalue weighted by molar-refractivity contribution is 7.17. The first-order chi connectivity index (χ1) is 15.2. The van der Waals surface area contributed by atoms with Gasteiger partial charge in [-0.15, -0.1) is 0 Å². The normalized spacial score (nSPS) is 16.5. The van der Waals surface area contributed by atoms with Crippen LogP contribution in [-0.2, 0) is 6.42 Å². The predicted octanol–water partition coefficient (Wildman–Crippen LogP) is 4.55. The third-order valence-electron chi connectivity index (χ3n) is 6.18. The van der Waals surface area contributed by atoms with Crippen LogP contribution in [0, 0.1) is 5.92 Å². The Labute approximate surface area is 185 Å². The van der Waals surface area contributed by atoms with E-state index in [9.17, 15) is 5.11 Å². The number of benzene rings is 2. The summed E-state index contributed by atoms with van der Waals surface area (Å²) in [6, 6.07) is 18.8. The van der Waals surface area contributed by atoms with Crippen LogP contribution in [0.15, 0.2) is 60.9 Å². The minimum Gasteiger partial charge on any atom is -0.497 e. The van der Waals surface area contributed by atoms with Gasteiger partial charge in [-0.05, 0) is 61.5 Å². The van der Waals surface area contributed by atoms with Crippen LogP contribution < -0.4 is 4.74 Å². The van der Waals surface area contributed by atoms with Crippen LogP contribution in [0.2, 0.25) is 0 Å². The molecule has 0 spiro atoms. The average molecular weight is 435 g/mol. The summed E-state index contributed by atoms with van der Waals surface area (Å²) in [5.41, 5.74) is 2.52. The maximum Gasteiger partial charge on any atom is 0.230 e. The molecular formula is C24H26N4O2S. The molecule has 160 valence electrons. The second-order valence-corrected chi connectivity index (χ2v) is 9.10. The van der Waals surface area contributed by atoms with Gasteiger partial charge in [0.05, 0.1) is 18.0 Å². The SMILES string of the molecule is COc1cccc([C@@H](c2sc3ncnn3c2O)N2CCC(Cc3ccccc3)CC2)c1. The van der Waals surface area contributed by atoms with Crippen LogP contribution in [-0.4, -0.2) is 44.8 Å². The van der Waals surface area contributed by atoms with Gasteiger partial charge < -0.3 is 9.84 Å². The highest BCUT2D eigenvalue weighted by Gasteiger charge is 2.32. The van der Waals surface area contributed by atoms with Crippen molar-refractivity contribution in [3.8, 4) is 11.6 Å². The van der Waals surface area contributed by atoms with Crippen molar-refractivity contribution in [3.05, 3.63) is 76.9 Å². The first-order valence-corrected chi connectivity index (χ1v) is 11.5. The molecule has 4 aromatic rings. The molecule has 0 aliphatic carbocycles. The number of hydrogen-bond donors (Lipinski definition) is 1. The standard InChI is InChI=1S/C24H26N4O2S/c1-30-20-9-5-8-19(15-20)21(22-23(29)28-24(31-22)25-16-26-28)27-12-10-18(11-13-27)14-17-6-3-2-4-7-17/h2-9,15-16,18,21,29H,10-14H2,1H3/t21-/m0/s1. The van der Waals surface area contributed by atoms with Gasteiger partial charge in [0, 0.05) is 0 Å². The van der Waals surface area contributed by atoms with Crippen LogP contribution in [0.4, 0.5) is 0 Å². The summed E-state index contributed by atoms with van der Waals surface area (Å²) >= 11 is 1.50. The molecule has 5 rings (SSSR count). The molecule has 0 radical (unpaired) electrons. The van der Waals surface area contributed by atoms with Crippen molar-refractivity contribution < 1.29 is 9.84 Å². The van der Waals surface area contributed by atoms with Gasteiger partial charge in [-0.25, -0.2) is 4.98 Å². The zero-order valence-corrected chi connectivity index (χ0v) is 18.3. The Morgan fingerprint density at radius 1 is 1.13 bits per heavy atom. The lowest BCUT2D eigenvalue weighted by molar-refractivity contribution is 0.150. The summed E-state index contributed by atoms with van der Waals surface area (Å²) in [7, 11) is 1.68. The van der Waals surface area contributed by atoms with Gasteiger partial charge in [0.2, 0.25) is 10.8 Å². The Kier molecular flexibility index (Phi) is 5.61. The van der Waals surface area contributed by atoms with Crippen molar-refractivity contribution in [2.45, 2.75) is 25.3 Å². The second kappa shape index (κ2) is 8.69. The van der Waals surface area contributed by atoms with Crippen LogP contribution >= 0.6 is 11.3 Å². The fraction of sp³-hybridized carbons (Fsp3) is 0.333. The number of piperidine rings is 1.